The van der Waals surface area contributed by atoms with Gasteiger partial charge in [0.25, 0.3) is 0 Å². The van der Waals surface area contributed by atoms with Gasteiger partial charge in [0.2, 0.25) is 0 Å². The normalized spacial score (nSPS) is 19.9. The van der Waals surface area contributed by atoms with Crippen LogP contribution in [0.1, 0.15) is 39.7 Å². The Labute approximate surface area is 128 Å². The highest BCUT2D eigenvalue weighted by molar-refractivity contribution is 5.50. The highest BCUT2D eigenvalue weighted by Gasteiger charge is 2.25. The summed E-state index contributed by atoms with van der Waals surface area (Å²) in [5, 5.41) is 0. The Bertz CT molecular complexity index is 468. The van der Waals surface area contributed by atoms with Crippen molar-refractivity contribution >= 4 is 5.69 Å². The predicted octanol–water partition coefficient (Wildman–Crippen LogP) is 3.06. The van der Waals surface area contributed by atoms with Crippen molar-refractivity contribution in [3.8, 4) is 5.75 Å². The van der Waals surface area contributed by atoms with Crippen LogP contribution in [0.4, 0.5) is 5.69 Å². The average molecular weight is 292 g/mol. The van der Waals surface area contributed by atoms with E-state index >= 15 is 0 Å². The maximum atomic E-state index is 6.08. The van der Waals surface area contributed by atoms with Crippen LogP contribution in [-0.4, -0.2) is 36.4 Å². The molecular formula is C17H28N2O2. The van der Waals surface area contributed by atoms with Gasteiger partial charge in [-0.3, -0.25) is 4.90 Å². The summed E-state index contributed by atoms with van der Waals surface area (Å²) in [6, 6.07) is 5.95. The molecule has 1 fully saturated rings. The molecule has 0 aromatic heterocycles. The Kier molecular flexibility index (Phi) is 5.12. The van der Waals surface area contributed by atoms with Crippen LogP contribution in [0.15, 0.2) is 18.2 Å². The number of hydrogen-bond donors (Lipinski definition) is 1. The second-order valence-corrected chi connectivity index (χ2v) is 6.71. The summed E-state index contributed by atoms with van der Waals surface area (Å²) in [4.78, 5) is 2.30. The fourth-order valence-corrected chi connectivity index (χ4v) is 2.45. The number of rotatable bonds is 5. The number of nitrogens with zero attached hydrogens (tertiary/aromatic N) is 1. The van der Waals surface area contributed by atoms with Crippen LogP contribution in [0.3, 0.4) is 0 Å². The lowest BCUT2D eigenvalue weighted by Crippen LogP contribution is -2.32. The molecule has 1 saturated heterocycles. The van der Waals surface area contributed by atoms with E-state index in [2.05, 4.69) is 38.7 Å². The van der Waals surface area contributed by atoms with E-state index in [1.807, 2.05) is 12.1 Å². The number of ether oxygens (including phenoxy) is 2. The summed E-state index contributed by atoms with van der Waals surface area (Å²) in [5.41, 5.74) is 7.83. The number of aryl methyl sites for hydroxylation is 1. The van der Waals surface area contributed by atoms with Crippen molar-refractivity contribution < 1.29 is 9.47 Å². The second kappa shape index (κ2) is 6.67. The summed E-state index contributed by atoms with van der Waals surface area (Å²) in [6.45, 7) is 11.0. The first kappa shape index (κ1) is 16.1. The Morgan fingerprint density at radius 1 is 1.33 bits per heavy atom. The molecule has 0 radical (unpaired) electrons. The van der Waals surface area contributed by atoms with Gasteiger partial charge in [0.05, 0.1) is 12.3 Å². The van der Waals surface area contributed by atoms with Crippen LogP contribution in [0, 0.1) is 0 Å². The Morgan fingerprint density at radius 3 is 2.76 bits per heavy atom. The van der Waals surface area contributed by atoms with E-state index in [0.29, 0.717) is 6.73 Å². The minimum atomic E-state index is -0.0913. The van der Waals surface area contributed by atoms with Gasteiger partial charge in [-0.2, -0.15) is 0 Å². The zero-order chi connectivity index (χ0) is 15.5. The largest absolute Gasteiger partial charge is 0.489 e. The van der Waals surface area contributed by atoms with E-state index in [0.717, 1.165) is 42.9 Å². The molecule has 2 N–H and O–H groups in total. The lowest BCUT2D eigenvalue weighted by atomic mass is 10.1. The third kappa shape index (κ3) is 4.90. The molecule has 118 valence electrons. The number of nitrogen functional groups attached to an aromatic ring is 1. The van der Waals surface area contributed by atoms with Crippen molar-refractivity contribution in [2.75, 3.05) is 25.6 Å². The zero-order valence-electron chi connectivity index (χ0n) is 13.7. The highest BCUT2D eigenvalue weighted by atomic mass is 16.5. The molecule has 21 heavy (non-hydrogen) atoms. The van der Waals surface area contributed by atoms with Crippen LogP contribution < -0.4 is 10.5 Å². The molecule has 0 bridgehead atoms. The molecule has 0 amide bonds. The van der Waals surface area contributed by atoms with E-state index < -0.39 is 0 Å². The molecule has 1 aliphatic rings. The van der Waals surface area contributed by atoms with Gasteiger partial charge in [-0.25, -0.2) is 0 Å². The van der Waals surface area contributed by atoms with E-state index in [1.54, 1.807) is 0 Å². The number of nitrogens with two attached hydrogens (primary N) is 1. The van der Waals surface area contributed by atoms with Gasteiger partial charge in [0.1, 0.15) is 11.9 Å². The van der Waals surface area contributed by atoms with Gasteiger partial charge in [-0.1, -0.05) is 6.92 Å². The topological polar surface area (TPSA) is 47.7 Å². The molecule has 1 aromatic carbocycles. The standard InChI is InChI=1S/C17H28N2O2/c1-5-13-10-14(6-7-16(13)18)21-15-8-9-19(11-15)12-20-17(2,3)4/h6-7,10,15H,5,8-9,11-12,18H2,1-4H3. The van der Waals surface area contributed by atoms with Crippen LogP contribution in [0.2, 0.25) is 0 Å². The highest BCUT2D eigenvalue weighted by Crippen LogP contribution is 2.23. The van der Waals surface area contributed by atoms with Crippen molar-refractivity contribution in [1.29, 1.82) is 0 Å². The number of anilines is 1. The first-order chi connectivity index (χ1) is 9.87. The van der Waals surface area contributed by atoms with Gasteiger partial charge in [-0.15, -0.1) is 0 Å². The molecule has 4 heteroatoms. The molecule has 1 atom stereocenters. The van der Waals surface area contributed by atoms with Crippen LogP contribution in [-0.2, 0) is 11.2 Å². The van der Waals surface area contributed by atoms with Gasteiger partial charge < -0.3 is 15.2 Å². The Balaban J connectivity index is 1.85. The van der Waals surface area contributed by atoms with Gasteiger partial charge >= 0.3 is 0 Å². The Hall–Kier alpha value is -1.26. The van der Waals surface area contributed by atoms with Crippen molar-refractivity contribution in [2.45, 2.75) is 52.2 Å². The summed E-state index contributed by atoms with van der Waals surface area (Å²) < 4.78 is 11.9. The summed E-state index contributed by atoms with van der Waals surface area (Å²) >= 11 is 0. The predicted molar refractivity (Wildman–Crippen MR) is 86.5 cm³/mol. The van der Waals surface area contributed by atoms with Crippen molar-refractivity contribution in [2.24, 2.45) is 0 Å². The third-order valence-corrected chi connectivity index (χ3v) is 3.71. The molecule has 4 nitrogen and oxygen atoms in total. The van der Waals surface area contributed by atoms with Crippen LogP contribution in [0.5, 0.6) is 5.75 Å². The smallest absolute Gasteiger partial charge is 0.120 e. The van der Waals surface area contributed by atoms with Gasteiger partial charge in [0, 0.05) is 18.8 Å². The molecule has 2 rings (SSSR count). The first-order valence-corrected chi connectivity index (χ1v) is 7.79. The lowest BCUT2D eigenvalue weighted by Gasteiger charge is -2.24. The van der Waals surface area contributed by atoms with Crippen LogP contribution >= 0.6 is 0 Å². The van der Waals surface area contributed by atoms with E-state index in [9.17, 15) is 0 Å². The molecule has 1 unspecified atom stereocenters. The maximum Gasteiger partial charge on any atom is 0.120 e. The Morgan fingerprint density at radius 2 is 2.10 bits per heavy atom. The molecule has 1 aliphatic heterocycles. The minimum Gasteiger partial charge on any atom is -0.489 e. The molecular weight excluding hydrogens is 264 g/mol. The van der Waals surface area contributed by atoms with Crippen molar-refractivity contribution in [3.05, 3.63) is 23.8 Å². The number of hydrogen-bond acceptors (Lipinski definition) is 4. The second-order valence-electron chi connectivity index (χ2n) is 6.71. The quantitative estimate of drug-likeness (QED) is 0.847. The molecule has 0 saturated carbocycles. The fourth-order valence-electron chi connectivity index (χ4n) is 2.45. The molecule has 1 heterocycles. The zero-order valence-corrected chi connectivity index (χ0v) is 13.7. The van der Waals surface area contributed by atoms with Crippen molar-refractivity contribution in [1.82, 2.24) is 4.90 Å². The summed E-state index contributed by atoms with van der Waals surface area (Å²) in [7, 11) is 0. The average Bonchev–Trinajstić information content (AvgIpc) is 2.85. The monoisotopic (exact) mass is 292 g/mol. The van der Waals surface area contributed by atoms with Gasteiger partial charge in [-0.05, 0) is 57.4 Å². The summed E-state index contributed by atoms with van der Waals surface area (Å²) in [6.07, 6.45) is 2.21. The SMILES string of the molecule is CCc1cc(OC2CCN(COC(C)(C)C)C2)ccc1N. The lowest BCUT2D eigenvalue weighted by molar-refractivity contribution is -0.0586. The van der Waals surface area contributed by atoms with E-state index in [1.165, 1.54) is 0 Å². The molecule has 1 aromatic rings. The van der Waals surface area contributed by atoms with Crippen LogP contribution in [0.25, 0.3) is 0 Å². The summed E-state index contributed by atoms with van der Waals surface area (Å²) in [5.74, 6) is 0.921. The first-order valence-electron chi connectivity index (χ1n) is 7.79. The number of likely N-dealkylation sites (tertiary alicyclic amines) is 1. The number of benzene rings is 1. The van der Waals surface area contributed by atoms with E-state index in [4.69, 9.17) is 15.2 Å². The molecule has 0 spiro atoms. The molecule has 0 aliphatic carbocycles. The third-order valence-electron chi connectivity index (χ3n) is 3.71. The minimum absolute atomic E-state index is 0.0913. The van der Waals surface area contributed by atoms with E-state index in [-0.39, 0.29) is 11.7 Å². The van der Waals surface area contributed by atoms with Crippen molar-refractivity contribution in [3.63, 3.8) is 0 Å². The maximum absolute atomic E-state index is 6.08. The van der Waals surface area contributed by atoms with Gasteiger partial charge in [0.15, 0.2) is 0 Å². The fraction of sp³-hybridized carbons (Fsp3) is 0.647.